The average molecular weight is 339 g/mol. The van der Waals surface area contributed by atoms with Crippen molar-refractivity contribution in [1.29, 1.82) is 0 Å². The Hall–Kier alpha value is -3.32. The maximum atomic E-state index is 12.6. The van der Waals surface area contributed by atoms with Crippen molar-refractivity contribution < 1.29 is 23.9 Å². The van der Waals surface area contributed by atoms with Gasteiger partial charge in [0, 0.05) is 11.1 Å². The van der Waals surface area contributed by atoms with Gasteiger partial charge >= 0.3 is 5.69 Å². The first-order valence-corrected chi connectivity index (χ1v) is 7.51. The van der Waals surface area contributed by atoms with Gasteiger partial charge in [0.2, 0.25) is 11.6 Å². The van der Waals surface area contributed by atoms with Crippen molar-refractivity contribution in [3.05, 3.63) is 87.1 Å². The van der Waals surface area contributed by atoms with Crippen molar-refractivity contribution in [3.8, 4) is 0 Å². The van der Waals surface area contributed by atoms with Crippen LogP contribution in [0.1, 0.15) is 43.2 Å². The second-order valence-corrected chi connectivity index (χ2v) is 5.55. The van der Waals surface area contributed by atoms with E-state index in [0.717, 1.165) is 5.56 Å². The summed E-state index contributed by atoms with van der Waals surface area (Å²) < 4.78 is 4.59. The van der Waals surface area contributed by atoms with Gasteiger partial charge in [0.25, 0.3) is 5.69 Å². The summed E-state index contributed by atoms with van der Waals surface area (Å²) in [4.78, 5) is 37.1. The molecule has 2 N–H and O–H groups in total. The molecule has 0 aliphatic carbocycles. The number of carbonyl (C=O) groups is 2. The summed E-state index contributed by atoms with van der Waals surface area (Å²) >= 11 is 0. The van der Waals surface area contributed by atoms with Gasteiger partial charge in [-0.25, -0.2) is 0 Å². The van der Waals surface area contributed by atoms with Gasteiger partial charge in [-0.15, -0.1) is 0 Å². The summed E-state index contributed by atoms with van der Waals surface area (Å²) in [6, 6.07) is 12.8. The largest absolute Gasteiger partial charge is 0.392 e. The van der Waals surface area contributed by atoms with Crippen LogP contribution in [0.4, 0.5) is 0 Å². The van der Waals surface area contributed by atoms with E-state index in [1.807, 2.05) is 6.92 Å². The third-order valence-electron chi connectivity index (χ3n) is 3.80. The fourth-order valence-corrected chi connectivity index (χ4v) is 2.37. The summed E-state index contributed by atoms with van der Waals surface area (Å²) in [6.07, 6.45) is 0. The highest BCUT2D eigenvalue weighted by Crippen LogP contribution is 2.15. The van der Waals surface area contributed by atoms with Crippen molar-refractivity contribution in [1.82, 2.24) is 5.16 Å². The molecule has 0 radical (unpaired) electrons. The van der Waals surface area contributed by atoms with Gasteiger partial charge in [0.05, 0.1) is 6.61 Å². The predicted octanol–water partition coefficient (Wildman–Crippen LogP) is 1.78. The first-order chi connectivity index (χ1) is 12.0. The molecule has 0 fully saturated rings. The molecule has 0 bridgehead atoms. The minimum absolute atomic E-state index is 0.0102. The lowest BCUT2D eigenvalue weighted by molar-refractivity contribution is -0.714. The van der Waals surface area contributed by atoms with E-state index in [-0.39, 0.29) is 22.5 Å². The minimum atomic E-state index is -0.653. The van der Waals surface area contributed by atoms with Gasteiger partial charge in [-0.3, -0.25) is 9.59 Å². The number of hydrogen-bond acceptors (Lipinski definition) is 5. The lowest BCUT2D eigenvalue weighted by Crippen LogP contribution is -2.24. The standard InChI is InChI=1S/C18H14N2O5/c1-11-2-6-13(7-3-11)17(22)15-16(20(24)25-19-15)18(23)14-8-4-12(10-21)5-9-14/h2-9,21H,10H2,1H3/p+1. The second-order valence-electron chi connectivity index (χ2n) is 5.55. The number of nitrogens with zero attached hydrogens (tertiary/aromatic N) is 1. The van der Waals surface area contributed by atoms with E-state index >= 15 is 0 Å². The number of benzene rings is 2. The average Bonchev–Trinajstić information content (AvgIpc) is 3.02. The number of aromatic amines is 1. The number of aromatic nitrogens is 2. The molecule has 0 saturated carbocycles. The van der Waals surface area contributed by atoms with Crippen molar-refractivity contribution in [2.45, 2.75) is 13.5 Å². The number of aryl methyl sites for hydroxylation is 1. The lowest BCUT2D eigenvalue weighted by atomic mass is 10.0. The van der Waals surface area contributed by atoms with Crippen LogP contribution in [0.25, 0.3) is 0 Å². The summed E-state index contributed by atoms with van der Waals surface area (Å²) in [6.45, 7) is 1.72. The minimum Gasteiger partial charge on any atom is -0.392 e. The van der Waals surface area contributed by atoms with Crippen LogP contribution < -0.4 is 4.60 Å². The molecular formula is C18H15N2O5+. The van der Waals surface area contributed by atoms with Crippen LogP contribution in [0, 0.1) is 11.8 Å². The Labute approximate surface area is 142 Å². The fraction of sp³-hybridized carbons (Fsp3) is 0.111. The molecule has 0 unspecified atom stereocenters. The molecule has 7 nitrogen and oxygen atoms in total. The van der Waals surface area contributed by atoms with Crippen LogP contribution in [-0.4, -0.2) is 21.8 Å². The fourth-order valence-electron chi connectivity index (χ4n) is 2.37. The quantitative estimate of drug-likeness (QED) is 0.689. The zero-order chi connectivity index (χ0) is 18.0. The third kappa shape index (κ3) is 3.17. The van der Waals surface area contributed by atoms with Gasteiger partial charge in [0.15, 0.2) is 4.60 Å². The van der Waals surface area contributed by atoms with E-state index in [1.165, 1.54) is 12.1 Å². The van der Waals surface area contributed by atoms with E-state index < -0.39 is 17.3 Å². The maximum Gasteiger partial charge on any atom is 0.323 e. The molecule has 0 saturated heterocycles. The Balaban J connectivity index is 2.01. The molecule has 25 heavy (non-hydrogen) atoms. The molecule has 7 heteroatoms. The Morgan fingerprint density at radius 3 is 2.16 bits per heavy atom. The van der Waals surface area contributed by atoms with Crippen LogP contribution >= 0.6 is 0 Å². The predicted molar refractivity (Wildman–Crippen MR) is 86.8 cm³/mol. The van der Waals surface area contributed by atoms with Crippen LogP contribution in [0.3, 0.4) is 0 Å². The number of nitrogens with one attached hydrogen (secondary N) is 1. The molecule has 3 rings (SSSR count). The summed E-state index contributed by atoms with van der Waals surface area (Å²) in [7, 11) is 0. The number of aliphatic hydroxyl groups excluding tert-OH is 1. The van der Waals surface area contributed by atoms with Gasteiger partial charge in [-0.1, -0.05) is 63.9 Å². The SMILES string of the molecule is Cc1ccc(C(=O)c2[nH]o[n+](=O)c2C(=O)c2ccc(CO)cc2)cc1. The molecular weight excluding hydrogens is 324 g/mol. The highest BCUT2D eigenvalue weighted by atomic mass is 16.7. The topological polar surface area (TPSA) is 106 Å². The van der Waals surface area contributed by atoms with Gasteiger partial charge in [-0.2, -0.15) is 0 Å². The Morgan fingerprint density at radius 1 is 1.00 bits per heavy atom. The van der Waals surface area contributed by atoms with E-state index in [4.69, 9.17) is 5.11 Å². The van der Waals surface area contributed by atoms with E-state index in [0.29, 0.717) is 11.1 Å². The van der Waals surface area contributed by atoms with Gasteiger partial charge < -0.3 is 5.11 Å². The first-order valence-electron chi connectivity index (χ1n) is 7.51. The van der Waals surface area contributed by atoms with Gasteiger partial charge in [-0.05, 0) is 17.4 Å². The molecule has 2 aromatic carbocycles. The third-order valence-corrected chi connectivity index (χ3v) is 3.80. The van der Waals surface area contributed by atoms with Crippen LogP contribution in [0.5, 0.6) is 0 Å². The highest BCUT2D eigenvalue weighted by molar-refractivity contribution is 6.16. The van der Waals surface area contributed by atoms with Crippen LogP contribution in [0.15, 0.2) is 53.2 Å². The smallest absolute Gasteiger partial charge is 0.323 e. The van der Waals surface area contributed by atoms with Crippen LogP contribution in [0.2, 0.25) is 0 Å². The Bertz CT molecular complexity index is 982. The lowest BCUT2D eigenvalue weighted by Gasteiger charge is -1.99. The molecule has 0 aliphatic heterocycles. The molecule has 0 amide bonds. The highest BCUT2D eigenvalue weighted by Gasteiger charge is 2.33. The molecule has 3 aromatic rings. The molecule has 1 heterocycles. The summed E-state index contributed by atoms with van der Waals surface area (Å²) in [5, 5.41) is 11.3. The number of rotatable bonds is 5. The number of hydrogen-bond donors (Lipinski definition) is 2. The zero-order valence-electron chi connectivity index (χ0n) is 13.4. The number of aliphatic hydroxyl groups is 1. The van der Waals surface area contributed by atoms with Crippen molar-refractivity contribution >= 4 is 11.6 Å². The Kier molecular flexibility index (Phi) is 4.40. The van der Waals surface area contributed by atoms with E-state index in [9.17, 15) is 14.5 Å². The molecule has 0 aliphatic rings. The van der Waals surface area contributed by atoms with Crippen molar-refractivity contribution in [2.75, 3.05) is 0 Å². The monoisotopic (exact) mass is 339 g/mol. The Morgan fingerprint density at radius 2 is 1.56 bits per heavy atom. The van der Waals surface area contributed by atoms with Crippen molar-refractivity contribution in [2.24, 2.45) is 0 Å². The molecule has 0 atom stereocenters. The maximum absolute atomic E-state index is 12.6. The number of H-pyrrole nitrogens is 1. The molecule has 1 aromatic heterocycles. The van der Waals surface area contributed by atoms with Crippen molar-refractivity contribution in [3.63, 3.8) is 0 Å². The normalized spacial score (nSPS) is 10.6. The molecule has 126 valence electrons. The van der Waals surface area contributed by atoms with Crippen LogP contribution in [-0.2, 0) is 6.61 Å². The first kappa shape index (κ1) is 16.5. The number of ketones is 2. The van der Waals surface area contributed by atoms with E-state index in [1.54, 1.807) is 36.4 Å². The summed E-state index contributed by atoms with van der Waals surface area (Å²) in [5.41, 5.74) is 1.51. The zero-order valence-corrected chi connectivity index (χ0v) is 13.4. The van der Waals surface area contributed by atoms with Gasteiger partial charge in [0.1, 0.15) is 0 Å². The molecule has 0 spiro atoms. The number of carbonyl (C=O) groups excluding carboxylic acids is 2. The second kappa shape index (κ2) is 6.66. The summed E-state index contributed by atoms with van der Waals surface area (Å²) in [5.74, 6) is -1.17. The van der Waals surface area contributed by atoms with E-state index in [2.05, 4.69) is 9.79 Å².